The van der Waals surface area contributed by atoms with Crippen LogP contribution in [-0.4, -0.2) is 30.3 Å². The Labute approximate surface area is 80.6 Å². The quantitative estimate of drug-likeness (QED) is 0.618. The molecular weight excluding hydrogens is 162 g/mol. The molecule has 0 aromatic rings. The summed E-state index contributed by atoms with van der Waals surface area (Å²) in [7, 11) is 0. The van der Waals surface area contributed by atoms with Gasteiger partial charge in [-0.3, -0.25) is 9.69 Å². The van der Waals surface area contributed by atoms with Gasteiger partial charge in [-0.2, -0.15) is 0 Å². The van der Waals surface area contributed by atoms with Crippen LogP contribution in [0.15, 0.2) is 12.2 Å². The normalized spacial score (nSPS) is 19.5. The van der Waals surface area contributed by atoms with Crippen molar-refractivity contribution in [2.24, 2.45) is 0 Å². The molecule has 2 heteroatoms. The van der Waals surface area contributed by atoms with Crippen molar-refractivity contribution in [2.45, 2.75) is 32.6 Å². The van der Waals surface area contributed by atoms with Gasteiger partial charge in [-0.05, 0) is 38.4 Å². The Morgan fingerprint density at radius 3 is 2.62 bits per heavy atom. The maximum Gasteiger partial charge on any atom is 0.169 e. The first-order valence-corrected chi connectivity index (χ1v) is 5.24. The van der Waals surface area contributed by atoms with E-state index >= 15 is 0 Å². The molecule has 1 saturated heterocycles. The van der Waals surface area contributed by atoms with Crippen LogP contribution in [0.25, 0.3) is 0 Å². The van der Waals surface area contributed by atoms with Gasteiger partial charge in [0.05, 0.1) is 6.54 Å². The van der Waals surface area contributed by atoms with Crippen molar-refractivity contribution in [3.8, 4) is 0 Å². The molecule has 0 aromatic heterocycles. The number of likely N-dealkylation sites (tertiary alicyclic amines) is 1. The highest BCUT2D eigenvalue weighted by atomic mass is 16.1. The molecule has 1 fully saturated rings. The maximum atomic E-state index is 11.3. The van der Waals surface area contributed by atoms with Gasteiger partial charge in [0.2, 0.25) is 0 Å². The van der Waals surface area contributed by atoms with Crippen molar-refractivity contribution in [1.29, 1.82) is 0 Å². The molecule has 0 aromatic carbocycles. The Morgan fingerprint density at radius 2 is 2.00 bits per heavy atom. The first-order chi connectivity index (χ1) is 6.33. The van der Waals surface area contributed by atoms with Gasteiger partial charge in [0.25, 0.3) is 0 Å². The molecule has 0 spiro atoms. The molecule has 0 saturated carbocycles. The van der Waals surface area contributed by atoms with E-state index in [0.717, 1.165) is 19.5 Å². The molecule has 2 nitrogen and oxygen atoms in total. The van der Waals surface area contributed by atoms with Gasteiger partial charge in [0.1, 0.15) is 0 Å². The van der Waals surface area contributed by atoms with Crippen molar-refractivity contribution >= 4 is 5.78 Å². The fourth-order valence-corrected chi connectivity index (χ4v) is 1.64. The van der Waals surface area contributed by atoms with Crippen molar-refractivity contribution < 1.29 is 4.79 Å². The van der Waals surface area contributed by atoms with Crippen LogP contribution in [0.5, 0.6) is 0 Å². The smallest absolute Gasteiger partial charge is 0.169 e. The number of ketones is 1. The Kier molecular flexibility index (Phi) is 4.76. The van der Waals surface area contributed by atoms with Crippen LogP contribution >= 0.6 is 0 Å². The molecule has 0 atom stereocenters. The number of piperidine rings is 1. The van der Waals surface area contributed by atoms with Crippen LogP contribution in [0.3, 0.4) is 0 Å². The molecule has 0 unspecified atom stereocenters. The molecule has 0 amide bonds. The average Bonchev–Trinajstić information content (AvgIpc) is 2.16. The molecule has 1 rings (SSSR count). The molecule has 0 bridgehead atoms. The van der Waals surface area contributed by atoms with Gasteiger partial charge >= 0.3 is 0 Å². The lowest BCUT2D eigenvalue weighted by molar-refractivity contribution is -0.115. The summed E-state index contributed by atoms with van der Waals surface area (Å²) < 4.78 is 0. The van der Waals surface area contributed by atoms with Crippen LogP contribution in [-0.2, 0) is 4.79 Å². The predicted octanol–water partition coefficient (Wildman–Crippen LogP) is 2.01. The number of hydrogen-bond acceptors (Lipinski definition) is 2. The minimum atomic E-state index is 0.253. The Morgan fingerprint density at radius 1 is 1.31 bits per heavy atom. The van der Waals surface area contributed by atoms with Crippen LogP contribution in [0.4, 0.5) is 0 Å². The fraction of sp³-hybridized carbons (Fsp3) is 0.727. The number of hydrogen-bond donors (Lipinski definition) is 0. The summed E-state index contributed by atoms with van der Waals surface area (Å²) in [5.41, 5.74) is 0. The highest BCUT2D eigenvalue weighted by Crippen LogP contribution is 2.07. The zero-order valence-electron chi connectivity index (χ0n) is 8.46. The van der Waals surface area contributed by atoms with E-state index in [9.17, 15) is 4.79 Å². The Balaban J connectivity index is 2.22. The standard InChI is InChI=1S/C11H19NO/c1-2-3-7-11(13)10-12-8-5-4-6-9-12/h3,7H,2,4-6,8-10H2,1H3. The minimum Gasteiger partial charge on any atom is -0.296 e. The summed E-state index contributed by atoms with van der Waals surface area (Å²) in [4.78, 5) is 13.6. The monoisotopic (exact) mass is 181 g/mol. The number of carbonyl (C=O) groups is 1. The van der Waals surface area contributed by atoms with E-state index in [1.807, 2.05) is 13.0 Å². The van der Waals surface area contributed by atoms with Crippen molar-refractivity contribution in [3.05, 3.63) is 12.2 Å². The highest BCUT2D eigenvalue weighted by molar-refractivity contribution is 5.91. The second-order valence-corrected chi connectivity index (χ2v) is 3.61. The van der Waals surface area contributed by atoms with Gasteiger partial charge in [-0.1, -0.05) is 19.4 Å². The summed E-state index contributed by atoms with van der Waals surface area (Å²) >= 11 is 0. The second-order valence-electron chi connectivity index (χ2n) is 3.61. The molecule has 1 aliphatic heterocycles. The van der Waals surface area contributed by atoms with Crippen LogP contribution in [0.1, 0.15) is 32.6 Å². The molecule has 1 heterocycles. The third-order valence-corrected chi connectivity index (χ3v) is 2.37. The van der Waals surface area contributed by atoms with E-state index in [-0.39, 0.29) is 5.78 Å². The summed E-state index contributed by atoms with van der Waals surface area (Å²) in [5, 5.41) is 0. The molecule has 0 radical (unpaired) electrons. The summed E-state index contributed by atoms with van der Waals surface area (Å²) in [6.07, 6.45) is 8.44. The number of carbonyl (C=O) groups excluding carboxylic acids is 1. The van der Waals surface area contributed by atoms with E-state index in [4.69, 9.17) is 0 Å². The first-order valence-electron chi connectivity index (χ1n) is 5.24. The zero-order valence-corrected chi connectivity index (χ0v) is 8.46. The third-order valence-electron chi connectivity index (χ3n) is 2.37. The SMILES string of the molecule is CCC=CC(=O)CN1CCCCC1. The summed E-state index contributed by atoms with van der Waals surface area (Å²) in [5.74, 6) is 0.253. The lowest BCUT2D eigenvalue weighted by atomic mass is 10.1. The third kappa shape index (κ3) is 4.23. The lowest BCUT2D eigenvalue weighted by Crippen LogP contribution is -2.33. The Hall–Kier alpha value is -0.630. The molecule has 13 heavy (non-hydrogen) atoms. The Bertz CT molecular complexity index is 181. The van der Waals surface area contributed by atoms with E-state index in [1.165, 1.54) is 19.3 Å². The fourth-order valence-electron chi connectivity index (χ4n) is 1.64. The lowest BCUT2D eigenvalue weighted by Gasteiger charge is -2.24. The average molecular weight is 181 g/mol. The van der Waals surface area contributed by atoms with E-state index < -0.39 is 0 Å². The van der Waals surface area contributed by atoms with Gasteiger partial charge in [-0.25, -0.2) is 0 Å². The topological polar surface area (TPSA) is 20.3 Å². The van der Waals surface area contributed by atoms with Crippen molar-refractivity contribution in [3.63, 3.8) is 0 Å². The predicted molar refractivity (Wildman–Crippen MR) is 54.7 cm³/mol. The maximum absolute atomic E-state index is 11.3. The van der Waals surface area contributed by atoms with Crippen molar-refractivity contribution in [1.82, 2.24) is 4.90 Å². The van der Waals surface area contributed by atoms with Crippen molar-refractivity contribution in [2.75, 3.05) is 19.6 Å². The van der Waals surface area contributed by atoms with Gasteiger partial charge in [-0.15, -0.1) is 0 Å². The molecular formula is C11H19NO. The van der Waals surface area contributed by atoms with Crippen LogP contribution < -0.4 is 0 Å². The number of allylic oxidation sites excluding steroid dienone is 1. The van der Waals surface area contributed by atoms with E-state index in [2.05, 4.69) is 4.90 Å². The van der Waals surface area contributed by atoms with Gasteiger partial charge < -0.3 is 0 Å². The van der Waals surface area contributed by atoms with Crippen LogP contribution in [0.2, 0.25) is 0 Å². The largest absolute Gasteiger partial charge is 0.296 e. The number of nitrogens with zero attached hydrogens (tertiary/aromatic N) is 1. The summed E-state index contributed by atoms with van der Waals surface area (Å²) in [6, 6.07) is 0. The highest BCUT2D eigenvalue weighted by Gasteiger charge is 2.11. The van der Waals surface area contributed by atoms with E-state index in [0.29, 0.717) is 6.54 Å². The first kappa shape index (κ1) is 10.5. The van der Waals surface area contributed by atoms with Crippen LogP contribution in [0, 0.1) is 0 Å². The van der Waals surface area contributed by atoms with Gasteiger partial charge in [0.15, 0.2) is 5.78 Å². The number of rotatable bonds is 4. The zero-order chi connectivity index (χ0) is 9.52. The second kappa shape index (κ2) is 5.92. The molecule has 0 aliphatic carbocycles. The minimum absolute atomic E-state index is 0.253. The molecule has 74 valence electrons. The summed E-state index contributed by atoms with van der Waals surface area (Å²) in [6.45, 7) is 4.87. The molecule has 1 aliphatic rings. The van der Waals surface area contributed by atoms with E-state index in [1.54, 1.807) is 6.08 Å². The van der Waals surface area contributed by atoms with Gasteiger partial charge in [0, 0.05) is 0 Å². The molecule has 0 N–H and O–H groups in total.